The van der Waals surface area contributed by atoms with Crippen molar-refractivity contribution in [3.05, 3.63) is 35.9 Å². The zero-order chi connectivity index (χ0) is 9.97. The van der Waals surface area contributed by atoms with Crippen molar-refractivity contribution in [1.82, 2.24) is 0 Å². The Hall–Kier alpha value is -1.55. The monoisotopic (exact) mass is 205 g/mol. The van der Waals surface area contributed by atoms with Gasteiger partial charge in [-0.15, -0.1) is 0 Å². The van der Waals surface area contributed by atoms with Gasteiger partial charge in [0.25, 0.3) is 0 Å². The van der Waals surface area contributed by atoms with Crippen LogP contribution in [0.3, 0.4) is 0 Å². The molecule has 1 aliphatic rings. The molecule has 0 aromatic heterocycles. The predicted molar refractivity (Wildman–Crippen MR) is 56.4 cm³/mol. The number of rotatable bonds is 1. The summed E-state index contributed by atoms with van der Waals surface area (Å²) in [6.07, 6.45) is 3.02. The molecule has 1 aromatic carbocycles. The zero-order valence-electron chi connectivity index (χ0n) is 7.18. The number of aliphatic carboxylic acids is 1. The fourth-order valence-electron chi connectivity index (χ4n) is 1.24. The summed E-state index contributed by atoms with van der Waals surface area (Å²) in [7, 11) is 0. The van der Waals surface area contributed by atoms with Crippen LogP contribution in [0.5, 0.6) is 0 Å². The number of carboxylic acids is 1. The summed E-state index contributed by atoms with van der Waals surface area (Å²) in [5, 5.41) is 8.97. The van der Waals surface area contributed by atoms with Gasteiger partial charge in [0.05, 0.1) is 5.57 Å². The average Bonchev–Trinajstić information content (AvgIpc) is 2.39. The highest BCUT2D eigenvalue weighted by molar-refractivity contribution is 7.98. The maximum Gasteiger partial charge on any atom is 0.336 e. The van der Waals surface area contributed by atoms with Crippen LogP contribution in [0, 0.1) is 0 Å². The molecular weight excluding hydrogens is 198 g/mol. The van der Waals surface area contributed by atoms with Crippen LogP contribution in [-0.4, -0.2) is 17.3 Å². The topological polar surface area (TPSA) is 49.7 Å². The lowest BCUT2D eigenvalue weighted by atomic mass is 10.1. The Bertz CT molecular complexity index is 438. The van der Waals surface area contributed by atoms with E-state index in [0.29, 0.717) is 0 Å². The summed E-state index contributed by atoms with van der Waals surface area (Å²) >= 11 is 1.28. The summed E-state index contributed by atoms with van der Waals surface area (Å²) in [6, 6.07) is 7.34. The molecule has 0 spiro atoms. The third kappa shape index (κ3) is 1.56. The van der Waals surface area contributed by atoms with E-state index in [1.165, 1.54) is 24.2 Å². The number of hydrogen-bond acceptors (Lipinski definition) is 3. The van der Waals surface area contributed by atoms with Crippen molar-refractivity contribution in [2.45, 2.75) is 4.90 Å². The molecule has 0 aliphatic carbocycles. The number of carbonyl (C=O) groups is 1. The summed E-state index contributed by atoms with van der Waals surface area (Å²) in [5.41, 5.74) is 1.01. The molecule has 0 unspecified atom stereocenters. The Balaban J connectivity index is 2.59. The van der Waals surface area contributed by atoms with E-state index >= 15 is 0 Å². The van der Waals surface area contributed by atoms with Gasteiger partial charge in [-0.1, -0.05) is 18.2 Å². The molecule has 0 radical (unpaired) electrons. The highest BCUT2D eigenvalue weighted by Gasteiger charge is 2.15. The van der Waals surface area contributed by atoms with Crippen molar-refractivity contribution in [2.75, 3.05) is 0 Å². The fraction of sp³-hybridized carbons (Fsp3) is 0. The molecule has 3 nitrogen and oxygen atoms in total. The lowest BCUT2D eigenvalue weighted by Crippen LogP contribution is -2.00. The maximum atomic E-state index is 10.9. The van der Waals surface area contributed by atoms with Crippen LogP contribution in [0.2, 0.25) is 0 Å². The largest absolute Gasteiger partial charge is 0.478 e. The molecule has 0 fully saturated rings. The highest BCUT2D eigenvalue weighted by Crippen LogP contribution is 2.30. The van der Waals surface area contributed by atoms with Gasteiger partial charge in [-0.2, -0.15) is 0 Å². The van der Waals surface area contributed by atoms with E-state index in [0.717, 1.165) is 10.5 Å². The molecule has 0 saturated heterocycles. The third-order valence-corrected chi connectivity index (χ3v) is 2.64. The molecule has 0 bridgehead atoms. The van der Waals surface area contributed by atoms with Crippen molar-refractivity contribution < 1.29 is 9.90 Å². The second kappa shape index (κ2) is 3.67. The van der Waals surface area contributed by atoms with Gasteiger partial charge in [0, 0.05) is 28.6 Å². The number of allylic oxidation sites excluding steroid dienone is 1. The van der Waals surface area contributed by atoms with Crippen LogP contribution < -0.4 is 0 Å². The van der Waals surface area contributed by atoms with E-state index in [2.05, 4.69) is 4.40 Å². The molecule has 0 amide bonds. The Morgan fingerprint density at radius 2 is 2.14 bits per heavy atom. The van der Waals surface area contributed by atoms with Crippen LogP contribution in [0.25, 0.3) is 5.57 Å². The molecule has 1 N–H and O–H groups in total. The lowest BCUT2D eigenvalue weighted by Gasteiger charge is -2.04. The minimum atomic E-state index is -0.925. The standard InChI is InChI=1S/C10H7NO2S/c12-10(13)8-5-6-11-14-9-4-2-1-3-7(8)9/h1-6H,(H,12,13). The quantitative estimate of drug-likeness (QED) is 0.715. The van der Waals surface area contributed by atoms with Gasteiger partial charge in [-0.25, -0.2) is 9.19 Å². The molecule has 0 saturated carbocycles. The van der Waals surface area contributed by atoms with Crippen LogP contribution in [-0.2, 0) is 4.79 Å². The van der Waals surface area contributed by atoms with Crippen molar-refractivity contribution in [1.29, 1.82) is 0 Å². The van der Waals surface area contributed by atoms with E-state index in [1.54, 1.807) is 6.07 Å². The SMILES string of the molecule is O=C(O)C1=CC=NSc2ccccc21. The summed E-state index contributed by atoms with van der Waals surface area (Å²) in [5.74, 6) is -0.925. The van der Waals surface area contributed by atoms with Crippen molar-refractivity contribution in [2.24, 2.45) is 4.40 Å². The van der Waals surface area contributed by atoms with Crippen LogP contribution >= 0.6 is 11.9 Å². The molecular formula is C10H7NO2S. The Labute approximate surface area is 85.3 Å². The van der Waals surface area contributed by atoms with E-state index in [-0.39, 0.29) is 5.57 Å². The number of nitrogens with zero attached hydrogens (tertiary/aromatic N) is 1. The first-order chi connectivity index (χ1) is 6.79. The first-order valence-corrected chi connectivity index (χ1v) is 4.80. The smallest absolute Gasteiger partial charge is 0.336 e. The van der Waals surface area contributed by atoms with Gasteiger partial charge in [0.15, 0.2) is 0 Å². The van der Waals surface area contributed by atoms with Crippen molar-refractivity contribution in [3.8, 4) is 0 Å². The van der Waals surface area contributed by atoms with Gasteiger partial charge >= 0.3 is 5.97 Å². The molecule has 0 atom stereocenters. The summed E-state index contributed by atoms with van der Waals surface area (Å²) in [4.78, 5) is 11.8. The van der Waals surface area contributed by atoms with E-state index in [4.69, 9.17) is 5.11 Å². The first-order valence-electron chi connectivity index (χ1n) is 4.02. The number of hydrogen-bond donors (Lipinski definition) is 1. The van der Waals surface area contributed by atoms with Gasteiger partial charge in [-0.3, -0.25) is 0 Å². The zero-order valence-corrected chi connectivity index (χ0v) is 7.99. The molecule has 70 valence electrons. The lowest BCUT2D eigenvalue weighted by molar-refractivity contribution is -0.130. The molecule has 1 aromatic rings. The number of benzene rings is 1. The van der Waals surface area contributed by atoms with Crippen LogP contribution in [0.1, 0.15) is 5.56 Å². The van der Waals surface area contributed by atoms with Gasteiger partial charge < -0.3 is 5.11 Å². The Morgan fingerprint density at radius 3 is 2.93 bits per heavy atom. The second-order valence-electron chi connectivity index (χ2n) is 2.73. The molecule has 1 heterocycles. The molecule has 2 rings (SSSR count). The van der Waals surface area contributed by atoms with Gasteiger partial charge in [0.2, 0.25) is 0 Å². The van der Waals surface area contributed by atoms with E-state index in [9.17, 15) is 4.79 Å². The normalized spacial score (nSPS) is 14.1. The number of carboxylic acid groups (broad SMARTS) is 1. The predicted octanol–water partition coefficient (Wildman–Crippen LogP) is 2.25. The highest BCUT2D eigenvalue weighted by atomic mass is 32.2. The van der Waals surface area contributed by atoms with E-state index < -0.39 is 5.97 Å². The van der Waals surface area contributed by atoms with E-state index in [1.807, 2.05) is 18.2 Å². The minimum Gasteiger partial charge on any atom is -0.478 e. The molecule has 4 heteroatoms. The number of fused-ring (bicyclic) bond motifs is 1. The Morgan fingerprint density at radius 1 is 1.36 bits per heavy atom. The first kappa shape index (κ1) is 9.02. The Kier molecular flexibility index (Phi) is 2.37. The van der Waals surface area contributed by atoms with Crippen molar-refractivity contribution >= 4 is 29.7 Å². The third-order valence-electron chi connectivity index (χ3n) is 1.86. The van der Waals surface area contributed by atoms with Crippen molar-refractivity contribution in [3.63, 3.8) is 0 Å². The molecule has 1 aliphatic heterocycles. The van der Waals surface area contributed by atoms with Crippen LogP contribution in [0.15, 0.2) is 39.6 Å². The second-order valence-corrected chi connectivity index (χ2v) is 3.56. The van der Waals surface area contributed by atoms with Gasteiger partial charge in [-0.05, 0) is 12.1 Å². The summed E-state index contributed by atoms with van der Waals surface area (Å²) in [6.45, 7) is 0. The average molecular weight is 205 g/mol. The maximum absolute atomic E-state index is 10.9. The molecule has 14 heavy (non-hydrogen) atoms. The minimum absolute atomic E-state index is 0.286. The fourth-order valence-corrected chi connectivity index (χ4v) is 1.89. The summed E-state index contributed by atoms with van der Waals surface area (Å²) < 4.78 is 4.00. The van der Waals surface area contributed by atoms with Crippen LogP contribution in [0.4, 0.5) is 0 Å². The van der Waals surface area contributed by atoms with Gasteiger partial charge in [0.1, 0.15) is 0 Å².